The molecule has 0 aliphatic carbocycles. The number of aryl methyl sites for hydroxylation is 1. The summed E-state index contributed by atoms with van der Waals surface area (Å²) < 4.78 is 6.80. The summed E-state index contributed by atoms with van der Waals surface area (Å²) >= 11 is 0. The fourth-order valence-corrected chi connectivity index (χ4v) is 3.37. The van der Waals surface area contributed by atoms with E-state index in [0.29, 0.717) is 19.5 Å². The summed E-state index contributed by atoms with van der Waals surface area (Å²) in [5.41, 5.74) is 1.97. The van der Waals surface area contributed by atoms with E-state index in [0.717, 1.165) is 29.9 Å². The van der Waals surface area contributed by atoms with Crippen LogP contribution in [0.25, 0.3) is 5.69 Å². The van der Waals surface area contributed by atoms with Crippen molar-refractivity contribution in [2.75, 3.05) is 13.7 Å². The number of rotatable bonds is 4. The fraction of sp³-hybridized carbons (Fsp3) is 0.421. The topological polar surface area (TPSA) is 76.5 Å². The number of carbonyl (C=O) groups is 2. The average molecular weight is 356 g/mol. The molecule has 1 atom stereocenters. The third kappa shape index (κ3) is 3.71. The number of para-hydroxylation sites is 1. The van der Waals surface area contributed by atoms with Gasteiger partial charge in [0.2, 0.25) is 5.91 Å². The van der Waals surface area contributed by atoms with Crippen LogP contribution >= 0.6 is 0 Å². The predicted octanol–water partition coefficient (Wildman–Crippen LogP) is 2.42. The Balaban J connectivity index is 1.72. The second-order valence-corrected chi connectivity index (χ2v) is 6.37. The van der Waals surface area contributed by atoms with E-state index in [4.69, 9.17) is 4.74 Å². The molecular weight excluding hydrogens is 332 g/mol. The highest BCUT2D eigenvalue weighted by atomic mass is 16.5. The van der Waals surface area contributed by atoms with Gasteiger partial charge in [-0.15, -0.1) is 0 Å². The van der Waals surface area contributed by atoms with E-state index >= 15 is 0 Å². The van der Waals surface area contributed by atoms with Crippen LogP contribution in [-0.2, 0) is 16.1 Å². The lowest BCUT2D eigenvalue weighted by Crippen LogP contribution is -2.51. The number of hydrogen-bond donors (Lipinski definition) is 1. The van der Waals surface area contributed by atoms with Crippen LogP contribution in [0, 0.1) is 6.92 Å². The van der Waals surface area contributed by atoms with Gasteiger partial charge in [-0.2, -0.15) is 0 Å². The second-order valence-electron chi connectivity index (χ2n) is 6.37. The molecule has 1 fully saturated rings. The van der Waals surface area contributed by atoms with E-state index in [1.165, 1.54) is 12.0 Å². The minimum atomic E-state index is -0.474. The molecule has 0 bridgehead atoms. The first-order chi connectivity index (χ1) is 12.6. The molecule has 1 aliphatic rings. The van der Waals surface area contributed by atoms with Crippen molar-refractivity contribution in [1.29, 1.82) is 0 Å². The molecule has 1 aromatic carbocycles. The Labute approximate surface area is 153 Å². The Morgan fingerprint density at radius 2 is 2.12 bits per heavy atom. The van der Waals surface area contributed by atoms with E-state index in [2.05, 4.69) is 10.3 Å². The van der Waals surface area contributed by atoms with Crippen LogP contribution in [0.5, 0.6) is 0 Å². The summed E-state index contributed by atoms with van der Waals surface area (Å²) in [5.74, 6) is 0.736. The summed E-state index contributed by atoms with van der Waals surface area (Å²) in [6.45, 7) is 2.87. The number of imidazole rings is 1. The van der Waals surface area contributed by atoms with E-state index in [-0.39, 0.29) is 5.91 Å². The SMILES string of the molecule is COC(=O)N1CCCC[C@@H]1C(=O)NCc1ccccc1-n1ccnc1C. The number of benzene rings is 1. The molecule has 138 valence electrons. The molecule has 26 heavy (non-hydrogen) atoms. The molecule has 7 heteroatoms. The van der Waals surface area contributed by atoms with Gasteiger partial charge in [-0.25, -0.2) is 9.78 Å². The highest BCUT2D eigenvalue weighted by Gasteiger charge is 2.32. The highest BCUT2D eigenvalue weighted by Crippen LogP contribution is 2.19. The van der Waals surface area contributed by atoms with E-state index in [9.17, 15) is 9.59 Å². The van der Waals surface area contributed by atoms with Gasteiger partial charge in [0.15, 0.2) is 0 Å². The van der Waals surface area contributed by atoms with Gasteiger partial charge in [-0.3, -0.25) is 9.69 Å². The summed E-state index contributed by atoms with van der Waals surface area (Å²) in [7, 11) is 1.34. The van der Waals surface area contributed by atoms with Crippen LogP contribution in [0.1, 0.15) is 30.7 Å². The molecule has 0 spiro atoms. The number of aromatic nitrogens is 2. The Morgan fingerprint density at radius 1 is 1.31 bits per heavy atom. The number of piperidine rings is 1. The van der Waals surface area contributed by atoms with E-state index in [1.54, 1.807) is 6.20 Å². The van der Waals surface area contributed by atoms with Gasteiger partial charge < -0.3 is 14.6 Å². The van der Waals surface area contributed by atoms with Crippen molar-refractivity contribution in [3.63, 3.8) is 0 Å². The van der Waals surface area contributed by atoms with Crippen LogP contribution in [0.3, 0.4) is 0 Å². The van der Waals surface area contributed by atoms with Gasteiger partial charge in [0, 0.05) is 25.5 Å². The van der Waals surface area contributed by atoms with Gasteiger partial charge in [0.05, 0.1) is 12.8 Å². The lowest BCUT2D eigenvalue weighted by atomic mass is 10.0. The Morgan fingerprint density at radius 3 is 2.85 bits per heavy atom. The molecule has 2 aromatic rings. The molecule has 1 aromatic heterocycles. The smallest absolute Gasteiger partial charge is 0.410 e. The molecular formula is C19H24N4O3. The van der Waals surface area contributed by atoms with Crippen LogP contribution in [0.2, 0.25) is 0 Å². The Hall–Kier alpha value is -2.83. The summed E-state index contributed by atoms with van der Waals surface area (Å²) in [6.07, 6.45) is 5.68. The van der Waals surface area contributed by atoms with Gasteiger partial charge in [0.1, 0.15) is 11.9 Å². The molecule has 0 saturated carbocycles. The molecule has 7 nitrogen and oxygen atoms in total. The number of ether oxygens (including phenoxy) is 1. The first-order valence-electron chi connectivity index (χ1n) is 8.82. The Bertz CT molecular complexity index is 787. The minimum absolute atomic E-state index is 0.146. The molecule has 1 aliphatic heterocycles. The molecule has 1 saturated heterocycles. The normalized spacial score (nSPS) is 17.0. The van der Waals surface area contributed by atoms with Gasteiger partial charge in [-0.05, 0) is 37.8 Å². The van der Waals surface area contributed by atoms with Gasteiger partial charge in [-0.1, -0.05) is 18.2 Å². The fourth-order valence-electron chi connectivity index (χ4n) is 3.37. The number of likely N-dealkylation sites (tertiary alicyclic amines) is 1. The van der Waals surface area contributed by atoms with E-state index < -0.39 is 12.1 Å². The molecule has 3 rings (SSSR count). The zero-order chi connectivity index (χ0) is 18.5. The van der Waals surface area contributed by atoms with Gasteiger partial charge >= 0.3 is 6.09 Å². The molecule has 0 unspecified atom stereocenters. The third-order valence-corrected chi connectivity index (χ3v) is 4.74. The molecule has 2 heterocycles. The lowest BCUT2D eigenvalue weighted by Gasteiger charge is -2.33. The van der Waals surface area contributed by atoms with Crippen LogP contribution in [-0.4, -0.2) is 46.1 Å². The maximum atomic E-state index is 12.7. The molecule has 1 N–H and O–H groups in total. The molecule has 2 amide bonds. The zero-order valence-corrected chi connectivity index (χ0v) is 15.1. The predicted molar refractivity (Wildman–Crippen MR) is 96.9 cm³/mol. The highest BCUT2D eigenvalue weighted by molar-refractivity contribution is 5.85. The van der Waals surface area contributed by atoms with Crippen molar-refractivity contribution in [3.8, 4) is 5.69 Å². The van der Waals surface area contributed by atoms with Crippen LogP contribution in [0.15, 0.2) is 36.7 Å². The van der Waals surface area contributed by atoms with Crippen LogP contribution < -0.4 is 5.32 Å². The largest absolute Gasteiger partial charge is 0.453 e. The van der Waals surface area contributed by atoms with Crippen molar-refractivity contribution in [2.24, 2.45) is 0 Å². The number of amides is 2. The lowest BCUT2D eigenvalue weighted by molar-refractivity contribution is -0.127. The number of nitrogens with one attached hydrogen (secondary N) is 1. The summed E-state index contributed by atoms with van der Waals surface area (Å²) in [6, 6.07) is 7.41. The van der Waals surface area contributed by atoms with Crippen molar-refractivity contribution in [1.82, 2.24) is 19.8 Å². The first-order valence-corrected chi connectivity index (χ1v) is 8.82. The van der Waals surface area contributed by atoms with Crippen LogP contribution in [0.4, 0.5) is 4.79 Å². The first kappa shape index (κ1) is 18.0. The second kappa shape index (κ2) is 8.03. The zero-order valence-electron chi connectivity index (χ0n) is 15.1. The van der Waals surface area contributed by atoms with E-state index in [1.807, 2.05) is 42.0 Å². The standard InChI is InChI=1S/C19H24N4O3/c1-14-20-10-12-22(14)16-8-4-3-7-15(16)13-21-18(24)17-9-5-6-11-23(17)19(25)26-2/h3-4,7-8,10,12,17H,5-6,9,11,13H2,1-2H3,(H,21,24)/t17-/m1/s1. The number of nitrogens with zero attached hydrogens (tertiary/aromatic N) is 3. The number of hydrogen-bond acceptors (Lipinski definition) is 4. The average Bonchev–Trinajstić information content (AvgIpc) is 3.11. The minimum Gasteiger partial charge on any atom is -0.453 e. The third-order valence-electron chi connectivity index (χ3n) is 4.74. The quantitative estimate of drug-likeness (QED) is 0.913. The number of carbonyl (C=O) groups excluding carboxylic acids is 2. The Kier molecular flexibility index (Phi) is 5.55. The molecule has 0 radical (unpaired) electrons. The maximum Gasteiger partial charge on any atom is 0.410 e. The maximum absolute atomic E-state index is 12.7. The number of methoxy groups -OCH3 is 1. The summed E-state index contributed by atoms with van der Waals surface area (Å²) in [5, 5.41) is 2.98. The van der Waals surface area contributed by atoms with Crippen molar-refractivity contribution in [3.05, 3.63) is 48.0 Å². The van der Waals surface area contributed by atoms with Crippen molar-refractivity contribution < 1.29 is 14.3 Å². The monoisotopic (exact) mass is 356 g/mol. The summed E-state index contributed by atoms with van der Waals surface area (Å²) in [4.78, 5) is 30.4. The van der Waals surface area contributed by atoms with Crippen molar-refractivity contribution >= 4 is 12.0 Å². The van der Waals surface area contributed by atoms with Crippen molar-refractivity contribution in [2.45, 2.75) is 38.8 Å². The van der Waals surface area contributed by atoms with Gasteiger partial charge in [0.25, 0.3) is 0 Å².